The second-order valence-electron chi connectivity index (χ2n) is 8.36. The average Bonchev–Trinajstić information content (AvgIpc) is 3.23. The van der Waals surface area contributed by atoms with E-state index < -0.39 is 0 Å². The number of nitrogens with one attached hydrogen (secondary N) is 1. The molecule has 9 nitrogen and oxygen atoms in total. The summed E-state index contributed by atoms with van der Waals surface area (Å²) in [4.78, 5) is 17.4. The van der Waals surface area contributed by atoms with E-state index in [1.54, 1.807) is 18.0 Å². The van der Waals surface area contributed by atoms with Gasteiger partial charge in [0.25, 0.3) is 5.95 Å². The number of nitrogens with zero attached hydrogens (tertiary/aromatic N) is 5. The number of rotatable bonds is 7. The van der Waals surface area contributed by atoms with Gasteiger partial charge in [0.15, 0.2) is 0 Å². The number of aryl methyl sites for hydroxylation is 1. The normalized spacial score (nSPS) is 14.8. The Balaban J connectivity index is 1.53. The van der Waals surface area contributed by atoms with E-state index in [0.717, 1.165) is 40.3 Å². The summed E-state index contributed by atoms with van der Waals surface area (Å²) in [5.41, 5.74) is 4.23. The zero-order chi connectivity index (χ0) is 24.4. The van der Waals surface area contributed by atoms with E-state index in [1.165, 1.54) is 0 Å². The van der Waals surface area contributed by atoms with E-state index in [2.05, 4.69) is 32.5 Å². The minimum atomic E-state index is -0.137. The number of fused-ring (bicyclic) bond motifs is 1. The first kappa shape index (κ1) is 22.5. The highest BCUT2D eigenvalue weighted by Crippen LogP contribution is 2.40. The highest BCUT2D eigenvalue weighted by Gasteiger charge is 2.33. The van der Waals surface area contributed by atoms with Crippen molar-refractivity contribution in [1.29, 1.82) is 0 Å². The van der Waals surface area contributed by atoms with Crippen molar-refractivity contribution in [3.05, 3.63) is 71.5 Å². The van der Waals surface area contributed by atoms with E-state index >= 15 is 0 Å². The maximum absolute atomic E-state index is 12.7. The topological polar surface area (TPSA) is 104 Å². The third-order valence-corrected chi connectivity index (χ3v) is 5.96. The lowest BCUT2D eigenvalue weighted by Crippen LogP contribution is -2.25. The zero-order valence-electron chi connectivity index (χ0n) is 19.9. The van der Waals surface area contributed by atoms with Crippen LogP contribution < -0.4 is 14.8 Å². The van der Waals surface area contributed by atoms with E-state index in [0.29, 0.717) is 24.5 Å². The summed E-state index contributed by atoms with van der Waals surface area (Å²) in [5, 5.41) is 16.0. The molecule has 1 aliphatic rings. The molecule has 1 N–H and O–H groups in total. The quantitative estimate of drug-likeness (QED) is 0.429. The number of ether oxygens (including phenoxy) is 2. The molecule has 1 aliphatic heterocycles. The van der Waals surface area contributed by atoms with Gasteiger partial charge < -0.3 is 14.8 Å². The van der Waals surface area contributed by atoms with Crippen molar-refractivity contribution in [3.8, 4) is 28.7 Å². The predicted octanol–water partition coefficient (Wildman–Crippen LogP) is 4.30. The highest BCUT2D eigenvalue weighted by molar-refractivity contribution is 5.95. The Labute approximate surface area is 203 Å². The molecule has 0 spiro atoms. The molecule has 178 valence electrons. The van der Waals surface area contributed by atoms with Crippen molar-refractivity contribution >= 4 is 11.7 Å². The molecule has 2 aromatic heterocycles. The minimum Gasteiger partial charge on any atom is -0.497 e. The molecule has 0 fully saturated rings. The number of hydrogen-bond acceptors (Lipinski definition) is 7. The summed E-state index contributed by atoms with van der Waals surface area (Å²) in [6.45, 7) is 4.67. The summed E-state index contributed by atoms with van der Waals surface area (Å²) in [6, 6.07) is 15.5. The van der Waals surface area contributed by atoms with Gasteiger partial charge in [0.1, 0.15) is 17.3 Å². The predicted molar refractivity (Wildman–Crippen MR) is 131 cm³/mol. The number of methoxy groups -OCH3 is 1. The molecule has 0 saturated heterocycles. The fraction of sp³-hybridized carbons (Fsp3) is 0.269. The minimum absolute atomic E-state index is 0.0909. The van der Waals surface area contributed by atoms with Crippen LogP contribution in [0.5, 0.6) is 11.5 Å². The number of carbonyl (C=O) groups is 1. The van der Waals surface area contributed by atoms with Crippen molar-refractivity contribution in [2.24, 2.45) is 0 Å². The van der Waals surface area contributed by atoms with Gasteiger partial charge in [0.2, 0.25) is 5.91 Å². The molecular weight excluding hydrogens is 444 g/mol. The van der Waals surface area contributed by atoms with E-state index in [1.807, 2.05) is 55.5 Å². The summed E-state index contributed by atoms with van der Waals surface area (Å²) in [5.74, 6) is 2.15. The van der Waals surface area contributed by atoms with Crippen molar-refractivity contribution in [2.45, 2.75) is 32.6 Å². The van der Waals surface area contributed by atoms with Crippen LogP contribution in [0.4, 0.5) is 5.82 Å². The highest BCUT2D eigenvalue weighted by atomic mass is 16.5. The Morgan fingerprint density at radius 1 is 1.14 bits per heavy atom. The molecular formula is C26H26N6O3. The third-order valence-electron chi connectivity index (χ3n) is 5.96. The summed E-state index contributed by atoms with van der Waals surface area (Å²) in [6.07, 6.45) is 2.87. The molecule has 0 aliphatic carbocycles. The van der Waals surface area contributed by atoms with E-state index in [4.69, 9.17) is 9.47 Å². The molecule has 0 unspecified atom stereocenters. The van der Waals surface area contributed by atoms with Crippen molar-refractivity contribution < 1.29 is 14.3 Å². The maximum atomic E-state index is 12.7. The molecule has 1 atom stereocenters. The summed E-state index contributed by atoms with van der Waals surface area (Å²) < 4.78 is 12.6. The lowest BCUT2D eigenvalue weighted by molar-refractivity contribution is -0.116. The number of hydrogen-bond donors (Lipinski definition) is 1. The molecule has 0 radical (unpaired) electrons. The fourth-order valence-corrected chi connectivity index (χ4v) is 4.30. The van der Waals surface area contributed by atoms with Crippen LogP contribution in [0.3, 0.4) is 0 Å². The SMILES string of the molecule is CCCOc1ccc([C@H]2CC(=O)Nc3c2c(C)nn3-c2nncc(-c3cccc(OC)c3)n2)cc1. The smallest absolute Gasteiger partial charge is 0.272 e. The Kier molecular flexibility index (Phi) is 6.13. The second-order valence-corrected chi connectivity index (χ2v) is 8.36. The van der Waals surface area contributed by atoms with Gasteiger partial charge in [-0.15, -0.1) is 5.10 Å². The molecule has 0 bridgehead atoms. The zero-order valence-corrected chi connectivity index (χ0v) is 19.9. The van der Waals surface area contributed by atoms with Crippen LogP contribution in [0.2, 0.25) is 0 Å². The average molecular weight is 471 g/mol. The van der Waals surface area contributed by atoms with Gasteiger partial charge in [-0.05, 0) is 43.2 Å². The summed E-state index contributed by atoms with van der Waals surface area (Å²) in [7, 11) is 1.62. The van der Waals surface area contributed by atoms with Gasteiger partial charge in [-0.25, -0.2) is 4.98 Å². The van der Waals surface area contributed by atoms with E-state index in [9.17, 15) is 4.79 Å². The van der Waals surface area contributed by atoms with Gasteiger partial charge >= 0.3 is 0 Å². The van der Waals surface area contributed by atoms with Crippen LogP contribution >= 0.6 is 0 Å². The Morgan fingerprint density at radius 3 is 2.74 bits per heavy atom. The molecule has 3 heterocycles. The lowest BCUT2D eigenvalue weighted by Gasteiger charge is -2.24. The van der Waals surface area contributed by atoms with Crippen LogP contribution in [0.1, 0.15) is 42.5 Å². The number of aromatic nitrogens is 5. The number of amides is 1. The second kappa shape index (κ2) is 9.54. The van der Waals surface area contributed by atoms with Crippen molar-refractivity contribution in [2.75, 3.05) is 19.0 Å². The third kappa shape index (κ3) is 4.44. The van der Waals surface area contributed by atoms with Crippen LogP contribution in [-0.2, 0) is 4.79 Å². The summed E-state index contributed by atoms with van der Waals surface area (Å²) >= 11 is 0. The van der Waals surface area contributed by atoms with Gasteiger partial charge in [-0.2, -0.15) is 14.9 Å². The maximum Gasteiger partial charge on any atom is 0.272 e. The standard InChI is InChI=1S/C26H26N6O3/c1-4-12-35-19-10-8-17(9-11-19)21-14-23(33)29-25-24(21)16(2)31-32(25)26-28-22(15-27-30-26)18-6-5-7-20(13-18)34-3/h5-11,13,15,21H,4,12,14H2,1-3H3,(H,29,33)/t21-/m1/s1. The monoisotopic (exact) mass is 470 g/mol. The molecule has 9 heteroatoms. The van der Waals surface area contributed by atoms with Gasteiger partial charge in [-0.1, -0.05) is 31.2 Å². The molecule has 0 saturated carbocycles. The molecule has 2 aromatic carbocycles. The van der Waals surface area contributed by atoms with Gasteiger partial charge in [-0.3, -0.25) is 4.79 Å². The molecule has 4 aromatic rings. The Morgan fingerprint density at radius 2 is 1.97 bits per heavy atom. The molecule has 35 heavy (non-hydrogen) atoms. The van der Waals surface area contributed by atoms with Crippen LogP contribution in [0.25, 0.3) is 17.2 Å². The number of carbonyl (C=O) groups excluding carboxylic acids is 1. The fourth-order valence-electron chi connectivity index (χ4n) is 4.30. The first-order chi connectivity index (χ1) is 17.1. The van der Waals surface area contributed by atoms with Crippen LogP contribution in [0.15, 0.2) is 54.7 Å². The first-order valence-electron chi connectivity index (χ1n) is 11.5. The number of benzene rings is 2. The van der Waals surface area contributed by atoms with Crippen molar-refractivity contribution in [3.63, 3.8) is 0 Å². The molecule has 5 rings (SSSR count). The molecule has 1 amide bonds. The van der Waals surface area contributed by atoms with Crippen LogP contribution in [-0.4, -0.2) is 44.6 Å². The van der Waals surface area contributed by atoms with Gasteiger partial charge in [0.05, 0.1) is 31.3 Å². The number of anilines is 1. The Hall–Kier alpha value is -4.27. The lowest BCUT2D eigenvalue weighted by atomic mass is 9.86. The van der Waals surface area contributed by atoms with E-state index in [-0.39, 0.29) is 17.8 Å². The Bertz CT molecular complexity index is 1370. The van der Waals surface area contributed by atoms with Gasteiger partial charge in [0, 0.05) is 23.5 Å². The largest absolute Gasteiger partial charge is 0.497 e. The van der Waals surface area contributed by atoms with Crippen molar-refractivity contribution in [1.82, 2.24) is 25.0 Å². The van der Waals surface area contributed by atoms with Crippen LogP contribution in [0, 0.1) is 6.92 Å². The first-order valence-corrected chi connectivity index (χ1v) is 11.5.